The van der Waals surface area contributed by atoms with Crippen molar-refractivity contribution in [1.29, 1.82) is 0 Å². The van der Waals surface area contributed by atoms with E-state index in [0.717, 1.165) is 28.8 Å². The van der Waals surface area contributed by atoms with Crippen LogP contribution >= 0.6 is 15.9 Å². The average Bonchev–Trinajstić information content (AvgIpc) is 3.26. The minimum absolute atomic E-state index is 0.0454. The third-order valence-corrected chi connectivity index (χ3v) is 7.68. The average molecular weight is 569 g/mol. The molecule has 0 fully saturated rings. The molecule has 1 heterocycles. The van der Waals surface area contributed by atoms with Gasteiger partial charge in [0.25, 0.3) is 5.91 Å². The van der Waals surface area contributed by atoms with Gasteiger partial charge < -0.3 is 9.88 Å². The fraction of sp³-hybridized carbons (Fsp3) is 0.562. The van der Waals surface area contributed by atoms with E-state index < -0.39 is 0 Å². The molecule has 2 aromatic carbocycles. The van der Waals surface area contributed by atoms with Crippen molar-refractivity contribution in [2.75, 3.05) is 6.54 Å². The van der Waals surface area contributed by atoms with Crippen molar-refractivity contribution in [1.82, 2.24) is 14.9 Å². The van der Waals surface area contributed by atoms with Crippen molar-refractivity contribution in [2.24, 2.45) is 0 Å². The van der Waals surface area contributed by atoms with Gasteiger partial charge in [0, 0.05) is 29.5 Å². The molecule has 0 aliphatic heterocycles. The maximum Gasteiger partial charge on any atom is 0.251 e. The Bertz CT molecular complexity index is 1060. The minimum atomic E-state index is -0.0454. The molecule has 0 radical (unpaired) electrons. The van der Waals surface area contributed by atoms with E-state index >= 15 is 0 Å². The van der Waals surface area contributed by atoms with E-state index in [-0.39, 0.29) is 5.91 Å². The van der Waals surface area contributed by atoms with Gasteiger partial charge in [-0.3, -0.25) is 4.79 Å². The Hall–Kier alpha value is -2.14. The summed E-state index contributed by atoms with van der Waals surface area (Å²) in [5, 5.41) is 3.05. The largest absolute Gasteiger partial charge is 0.352 e. The molecule has 1 aromatic heterocycles. The van der Waals surface area contributed by atoms with E-state index in [0.29, 0.717) is 12.1 Å². The summed E-state index contributed by atoms with van der Waals surface area (Å²) < 4.78 is 3.27. The second kappa shape index (κ2) is 17.4. The van der Waals surface area contributed by atoms with Crippen LogP contribution in [0.1, 0.15) is 113 Å². The molecule has 0 unspecified atom stereocenters. The van der Waals surface area contributed by atoms with Gasteiger partial charge in [-0.1, -0.05) is 125 Å². The molecule has 0 aliphatic rings. The molecule has 5 heteroatoms. The number of hydrogen-bond acceptors (Lipinski definition) is 2. The summed E-state index contributed by atoms with van der Waals surface area (Å²) in [4.78, 5) is 17.4. The number of nitrogens with one attached hydrogen (secondary N) is 1. The second-order valence-electron chi connectivity index (χ2n) is 10.3. The molecule has 3 rings (SSSR count). The summed E-state index contributed by atoms with van der Waals surface area (Å²) in [6.07, 6.45) is 19.9. The molecule has 0 saturated carbocycles. The quantitative estimate of drug-likeness (QED) is 0.147. The van der Waals surface area contributed by atoms with Crippen molar-refractivity contribution >= 4 is 32.9 Å². The van der Waals surface area contributed by atoms with Gasteiger partial charge in [-0.25, -0.2) is 4.98 Å². The maximum atomic E-state index is 12.5. The number of rotatable bonds is 19. The van der Waals surface area contributed by atoms with Crippen LogP contribution in [0.15, 0.2) is 53.0 Å². The lowest BCUT2D eigenvalue weighted by Crippen LogP contribution is -2.26. The third kappa shape index (κ3) is 10.6. The lowest BCUT2D eigenvalue weighted by atomic mass is 10.0. The number of unbranched alkanes of at least 4 members (excludes halogenated alkanes) is 13. The number of aryl methyl sites for hydroxylation is 1. The van der Waals surface area contributed by atoms with Crippen molar-refractivity contribution in [2.45, 2.75) is 110 Å². The summed E-state index contributed by atoms with van der Waals surface area (Å²) in [6.45, 7) is 3.86. The molecule has 0 saturated heterocycles. The number of halogens is 1. The molecule has 0 atom stereocenters. The number of amides is 1. The molecular weight excluding hydrogens is 522 g/mol. The molecular formula is C32H46BrN3O. The number of aromatic nitrogens is 2. The third-order valence-electron chi connectivity index (χ3n) is 7.19. The molecule has 0 bridgehead atoms. The second-order valence-corrected chi connectivity index (χ2v) is 11.2. The highest BCUT2D eigenvalue weighted by Gasteiger charge is 2.11. The maximum absolute atomic E-state index is 12.5. The molecule has 37 heavy (non-hydrogen) atoms. The van der Waals surface area contributed by atoms with Gasteiger partial charge in [0.15, 0.2) is 0 Å². The first-order chi connectivity index (χ1) is 18.2. The lowest BCUT2D eigenvalue weighted by Gasteiger charge is -2.10. The highest BCUT2D eigenvalue weighted by Crippen LogP contribution is 2.19. The van der Waals surface area contributed by atoms with E-state index in [9.17, 15) is 4.79 Å². The predicted molar refractivity (Wildman–Crippen MR) is 160 cm³/mol. The van der Waals surface area contributed by atoms with E-state index in [1.54, 1.807) is 0 Å². The molecule has 3 aromatic rings. The number of fused-ring (bicyclic) bond motifs is 1. The van der Waals surface area contributed by atoms with Crippen LogP contribution in [-0.2, 0) is 13.0 Å². The summed E-state index contributed by atoms with van der Waals surface area (Å²) in [7, 11) is 0. The van der Waals surface area contributed by atoms with E-state index in [1.807, 2.05) is 30.3 Å². The highest BCUT2D eigenvalue weighted by atomic mass is 79.9. The summed E-state index contributed by atoms with van der Waals surface area (Å²) in [5.74, 6) is 1.02. The Labute approximate surface area is 232 Å². The van der Waals surface area contributed by atoms with Crippen LogP contribution in [0.2, 0.25) is 0 Å². The van der Waals surface area contributed by atoms with E-state index in [1.165, 1.54) is 95.4 Å². The number of para-hydroxylation sites is 2. The fourth-order valence-electron chi connectivity index (χ4n) is 5.05. The minimum Gasteiger partial charge on any atom is -0.352 e. The summed E-state index contributed by atoms with van der Waals surface area (Å²) in [6, 6.07) is 15.9. The Morgan fingerprint density at radius 3 is 2.08 bits per heavy atom. The van der Waals surface area contributed by atoms with Crippen molar-refractivity contribution in [3.8, 4) is 0 Å². The molecule has 1 N–H and O–H groups in total. The van der Waals surface area contributed by atoms with Crippen LogP contribution in [0.3, 0.4) is 0 Å². The van der Waals surface area contributed by atoms with Gasteiger partial charge in [-0.15, -0.1) is 0 Å². The molecule has 4 nitrogen and oxygen atoms in total. The van der Waals surface area contributed by atoms with Gasteiger partial charge in [0.05, 0.1) is 11.0 Å². The molecule has 1 amide bonds. The number of hydrogen-bond donors (Lipinski definition) is 1. The monoisotopic (exact) mass is 567 g/mol. The first kappa shape index (κ1) is 29.4. The van der Waals surface area contributed by atoms with Crippen LogP contribution in [0, 0.1) is 0 Å². The van der Waals surface area contributed by atoms with Crippen LogP contribution in [0.4, 0.5) is 0 Å². The standard InChI is InChI=1S/C32H46BrN3O/c1-2-3-4-5-6-7-8-9-10-11-12-13-14-17-25-36-30-22-16-15-21-29(30)35-31(36)23-24-34-32(37)27-19-18-20-28(33)26-27/h15-16,18-22,26H,2-14,17,23-25H2,1H3,(H,34,37). The Morgan fingerprint density at radius 1 is 0.811 bits per heavy atom. The Kier molecular flexibility index (Phi) is 13.8. The van der Waals surface area contributed by atoms with Gasteiger partial charge in [-0.2, -0.15) is 0 Å². The van der Waals surface area contributed by atoms with Crippen LogP contribution < -0.4 is 5.32 Å². The topological polar surface area (TPSA) is 46.9 Å². The molecule has 202 valence electrons. The van der Waals surface area contributed by atoms with Gasteiger partial charge >= 0.3 is 0 Å². The van der Waals surface area contributed by atoms with Crippen molar-refractivity contribution in [3.05, 3.63) is 64.4 Å². The first-order valence-corrected chi connectivity index (χ1v) is 15.5. The Morgan fingerprint density at radius 2 is 1.43 bits per heavy atom. The number of benzene rings is 2. The van der Waals surface area contributed by atoms with E-state index in [2.05, 4.69) is 50.9 Å². The van der Waals surface area contributed by atoms with Crippen molar-refractivity contribution in [3.63, 3.8) is 0 Å². The smallest absolute Gasteiger partial charge is 0.251 e. The van der Waals surface area contributed by atoms with Crippen LogP contribution in [0.5, 0.6) is 0 Å². The normalized spacial score (nSPS) is 11.3. The van der Waals surface area contributed by atoms with Crippen LogP contribution in [0.25, 0.3) is 11.0 Å². The van der Waals surface area contributed by atoms with Crippen molar-refractivity contribution < 1.29 is 4.79 Å². The SMILES string of the molecule is CCCCCCCCCCCCCCCCn1c(CCNC(=O)c2cccc(Br)c2)nc2ccccc21. The number of nitrogens with zero attached hydrogens (tertiary/aromatic N) is 2. The van der Waals surface area contributed by atoms with Gasteiger partial charge in [0.2, 0.25) is 0 Å². The summed E-state index contributed by atoms with van der Waals surface area (Å²) in [5.41, 5.74) is 2.91. The number of carbonyl (C=O) groups excluding carboxylic acids is 1. The Balaban J connectivity index is 1.34. The van der Waals surface area contributed by atoms with Gasteiger partial charge in [0.1, 0.15) is 5.82 Å². The zero-order valence-corrected chi connectivity index (χ0v) is 24.4. The zero-order valence-electron chi connectivity index (χ0n) is 22.8. The molecule has 0 spiro atoms. The van der Waals surface area contributed by atoms with E-state index in [4.69, 9.17) is 4.98 Å². The molecule has 0 aliphatic carbocycles. The number of imidazole rings is 1. The zero-order chi connectivity index (χ0) is 26.1. The predicted octanol–water partition coefficient (Wildman–Crippen LogP) is 9.25. The summed E-state index contributed by atoms with van der Waals surface area (Å²) >= 11 is 3.44. The van der Waals surface area contributed by atoms with Crippen LogP contribution in [-0.4, -0.2) is 22.0 Å². The lowest BCUT2D eigenvalue weighted by molar-refractivity contribution is 0.0954. The highest BCUT2D eigenvalue weighted by molar-refractivity contribution is 9.10. The van der Waals surface area contributed by atoms with Gasteiger partial charge in [-0.05, 0) is 36.8 Å². The fourth-order valence-corrected chi connectivity index (χ4v) is 5.45. The first-order valence-electron chi connectivity index (χ1n) is 14.7. The number of carbonyl (C=O) groups is 1.